The zero-order chi connectivity index (χ0) is 14.7. The summed E-state index contributed by atoms with van der Waals surface area (Å²) in [5, 5.41) is 6.08. The highest BCUT2D eigenvalue weighted by Crippen LogP contribution is 2.19. The van der Waals surface area contributed by atoms with E-state index in [0.29, 0.717) is 13.0 Å². The molecule has 2 aromatic rings. The van der Waals surface area contributed by atoms with Crippen molar-refractivity contribution in [1.29, 1.82) is 0 Å². The molecule has 0 radical (unpaired) electrons. The third-order valence-corrected chi connectivity index (χ3v) is 3.70. The summed E-state index contributed by atoms with van der Waals surface area (Å²) in [5.41, 5.74) is 2.77. The molecule has 0 aliphatic carbocycles. The molecular weight excluding hydrogens is 268 g/mol. The topological polar surface area (TPSA) is 79.0 Å². The Kier molecular flexibility index (Phi) is 3.98. The Labute approximate surface area is 122 Å². The van der Waals surface area contributed by atoms with Crippen molar-refractivity contribution in [2.75, 3.05) is 19.0 Å². The molecule has 2 unspecified atom stereocenters. The molecule has 0 saturated carbocycles. The van der Waals surface area contributed by atoms with Gasteiger partial charge in [0, 0.05) is 19.3 Å². The number of amides is 1. The summed E-state index contributed by atoms with van der Waals surface area (Å²) in [6, 6.07) is 7.47. The Morgan fingerprint density at radius 1 is 1.38 bits per heavy atom. The molecule has 2 heterocycles. The Bertz CT molecular complexity index is 595. The Hall–Kier alpha value is -2.18. The van der Waals surface area contributed by atoms with E-state index >= 15 is 0 Å². The van der Waals surface area contributed by atoms with Gasteiger partial charge in [0.05, 0.1) is 30.4 Å². The standard InChI is InChI=1S/C15H18N4O2/c1-21-12-6-13(17-7-12)15(20)19-11-4-2-10(3-5-11)14-8-16-9-18-14/h2-5,8-9,12-13,17H,6-7H2,1H3,(H,16,18)(H,19,20). The van der Waals surface area contributed by atoms with Crippen LogP contribution in [0.4, 0.5) is 5.69 Å². The second-order valence-corrected chi connectivity index (χ2v) is 5.09. The first-order valence-electron chi connectivity index (χ1n) is 6.92. The van der Waals surface area contributed by atoms with Gasteiger partial charge in [-0.15, -0.1) is 0 Å². The van der Waals surface area contributed by atoms with Crippen LogP contribution in [-0.4, -0.2) is 41.7 Å². The van der Waals surface area contributed by atoms with E-state index in [-0.39, 0.29) is 18.1 Å². The zero-order valence-electron chi connectivity index (χ0n) is 11.8. The van der Waals surface area contributed by atoms with Crippen LogP contribution in [0.3, 0.4) is 0 Å². The van der Waals surface area contributed by atoms with Crippen LogP contribution in [-0.2, 0) is 9.53 Å². The van der Waals surface area contributed by atoms with Gasteiger partial charge >= 0.3 is 0 Å². The van der Waals surface area contributed by atoms with Crippen LogP contribution in [0.15, 0.2) is 36.8 Å². The maximum absolute atomic E-state index is 12.1. The summed E-state index contributed by atoms with van der Waals surface area (Å²) in [6.45, 7) is 0.716. The van der Waals surface area contributed by atoms with Crippen LogP contribution in [0.5, 0.6) is 0 Å². The van der Waals surface area contributed by atoms with Gasteiger partial charge in [0.15, 0.2) is 0 Å². The first-order valence-corrected chi connectivity index (χ1v) is 6.92. The number of H-pyrrole nitrogens is 1. The fourth-order valence-electron chi connectivity index (χ4n) is 2.46. The molecule has 1 aromatic carbocycles. The molecule has 1 fully saturated rings. The smallest absolute Gasteiger partial charge is 0.241 e. The van der Waals surface area contributed by atoms with E-state index in [2.05, 4.69) is 20.6 Å². The predicted octanol–water partition coefficient (Wildman–Crippen LogP) is 1.39. The molecule has 1 aromatic heterocycles. The fourth-order valence-corrected chi connectivity index (χ4v) is 2.46. The first kappa shape index (κ1) is 13.8. The number of methoxy groups -OCH3 is 1. The van der Waals surface area contributed by atoms with E-state index in [4.69, 9.17) is 4.74 Å². The highest BCUT2D eigenvalue weighted by molar-refractivity contribution is 5.95. The summed E-state index contributed by atoms with van der Waals surface area (Å²) in [5.74, 6) is -0.0242. The molecule has 0 bridgehead atoms. The minimum absolute atomic E-state index is 0.0242. The summed E-state index contributed by atoms with van der Waals surface area (Å²) >= 11 is 0. The number of hydrogen-bond donors (Lipinski definition) is 3. The lowest BCUT2D eigenvalue weighted by Crippen LogP contribution is -2.35. The van der Waals surface area contributed by atoms with Gasteiger partial charge in [-0.1, -0.05) is 12.1 Å². The number of rotatable bonds is 4. The third-order valence-electron chi connectivity index (χ3n) is 3.70. The number of benzene rings is 1. The van der Waals surface area contributed by atoms with Gasteiger partial charge in [-0.3, -0.25) is 4.79 Å². The molecule has 21 heavy (non-hydrogen) atoms. The van der Waals surface area contributed by atoms with E-state index in [1.54, 1.807) is 19.6 Å². The molecule has 2 atom stereocenters. The maximum atomic E-state index is 12.1. The zero-order valence-corrected chi connectivity index (χ0v) is 11.8. The number of anilines is 1. The van der Waals surface area contributed by atoms with Crippen molar-refractivity contribution < 1.29 is 9.53 Å². The molecule has 1 aliphatic rings. The monoisotopic (exact) mass is 286 g/mol. The van der Waals surface area contributed by atoms with Gasteiger partial charge < -0.3 is 20.4 Å². The average molecular weight is 286 g/mol. The van der Waals surface area contributed by atoms with Crippen LogP contribution in [0, 0.1) is 0 Å². The summed E-state index contributed by atoms with van der Waals surface area (Å²) < 4.78 is 5.25. The van der Waals surface area contributed by atoms with E-state index < -0.39 is 0 Å². The summed E-state index contributed by atoms with van der Waals surface area (Å²) in [4.78, 5) is 19.2. The number of nitrogens with zero attached hydrogens (tertiary/aromatic N) is 1. The molecule has 3 rings (SSSR count). The summed E-state index contributed by atoms with van der Waals surface area (Å²) in [7, 11) is 1.67. The second-order valence-electron chi connectivity index (χ2n) is 5.09. The van der Waals surface area contributed by atoms with Crippen molar-refractivity contribution in [2.24, 2.45) is 0 Å². The number of ether oxygens (including phenoxy) is 1. The third kappa shape index (κ3) is 3.12. The van der Waals surface area contributed by atoms with Gasteiger partial charge in [-0.2, -0.15) is 0 Å². The SMILES string of the molecule is COC1CNC(C(=O)Nc2ccc(-c3cnc[nH]3)cc2)C1. The Balaban J connectivity index is 1.62. The lowest BCUT2D eigenvalue weighted by molar-refractivity contribution is -0.118. The lowest BCUT2D eigenvalue weighted by atomic mass is 10.1. The van der Waals surface area contributed by atoms with Gasteiger partial charge in [0.2, 0.25) is 5.91 Å². The van der Waals surface area contributed by atoms with Crippen molar-refractivity contribution in [1.82, 2.24) is 15.3 Å². The van der Waals surface area contributed by atoms with E-state index in [1.165, 1.54) is 0 Å². The number of nitrogens with one attached hydrogen (secondary N) is 3. The molecule has 110 valence electrons. The van der Waals surface area contributed by atoms with Gasteiger partial charge in [-0.25, -0.2) is 4.98 Å². The number of imidazole rings is 1. The second kappa shape index (κ2) is 6.07. The van der Waals surface area contributed by atoms with Crippen molar-refractivity contribution in [3.63, 3.8) is 0 Å². The van der Waals surface area contributed by atoms with Crippen LogP contribution in [0.1, 0.15) is 6.42 Å². The molecule has 1 saturated heterocycles. The van der Waals surface area contributed by atoms with Crippen molar-refractivity contribution >= 4 is 11.6 Å². The predicted molar refractivity (Wildman–Crippen MR) is 79.9 cm³/mol. The van der Waals surface area contributed by atoms with Crippen molar-refractivity contribution in [3.05, 3.63) is 36.8 Å². The fraction of sp³-hybridized carbons (Fsp3) is 0.333. The van der Waals surface area contributed by atoms with Crippen molar-refractivity contribution in [2.45, 2.75) is 18.6 Å². The first-order chi connectivity index (χ1) is 10.3. The van der Waals surface area contributed by atoms with Crippen LogP contribution in [0.2, 0.25) is 0 Å². The van der Waals surface area contributed by atoms with Crippen molar-refractivity contribution in [3.8, 4) is 11.3 Å². The van der Waals surface area contributed by atoms with E-state index in [0.717, 1.165) is 16.9 Å². The Morgan fingerprint density at radius 2 is 2.19 bits per heavy atom. The maximum Gasteiger partial charge on any atom is 0.241 e. The number of carbonyl (C=O) groups is 1. The molecule has 0 spiro atoms. The van der Waals surface area contributed by atoms with Gasteiger partial charge in [0.1, 0.15) is 0 Å². The minimum Gasteiger partial charge on any atom is -0.380 e. The molecular formula is C15H18N4O2. The molecule has 3 N–H and O–H groups in total. The largest absolute Gasteiger partial charge is 0.380 e. The van der Waals surface area contributed by atoms with Gasteiger partial charge in [-0.05, 0) is 24.1 Å². The van der Waals surface area contributed by atoms with Crippen LogP contribution >= 0.6 is 0 Å². The normalized spacial score (nSPS) is 21.4. The quantitative estimate of drug-likeness (QED) is 0.793. The highest BCUT2D eigenvalue weighted by atomic mass is 16.5. The number of hydrogen-bond acceptors (Lipinski definition) is 4. The van der Waals surface area contributed by atoms with E-state index in [1.807, 2.05) is 24.3 Å². The van der Waals surface area contributed by atoms with Gasteiger partial charge in [0.25, 0.3) is 0 Å². The molecule has 1 amide bonds. The number of carbonyl (C=O) groups excluding carboxylic acids is 1. The number of aromatic nitrogens is 2. The molecule has 6 nitrogen and oxygen atoms in total. The number of aromatic amines is 1. The average Bonchev–Trinajstić information content (AvgIpc) is 3.19. The Morgan fingerprint density at radius 3 is 2.81 bits per heavy atom. The van der Waals surface area contributed by atoms with Crippen LogP contribution in [0.25, 0.3) is 11.3 Å². The van der Waals surface area contributed by atoms with E-state index in [9.17, 15) is 4.79 Å². The molecule has 1 aliphatic heterocycles. The highest BCUT2D eigenvalue weighted by Gasteiger charge is 2.29. The lowest BCUT2D eigenvalue weighted by Gasteiger charge is -2.11. The molecule has 6 heteroatoms. The van der Waals surface area contributed by atoms with Crippen LogP contribution < -0.4 is 10.6 Å². The summed E-state index contributed by atoms with van der Waals surface area (Å²) in [6.07, 6.45) is 4.22. The minimum atomic E-state index is -0.192.